The van der Waals surface area contributed by atoms with Crippen LogP contribution in [0, 0.1) is 6.92 Å². The zero-order valence-electron chi connectivity index (χ0n) is 18.8. The molecular weight excluding hydrogens is 484 g/mol. The maximum Gasteiger partial charge on any atom is 0.258 e. The molecule has 9 heteroatoms. The number of nitrogens with zero attached hydrogens (tertiary/aromatic N) is 5. The number of benzene rings is 1. The molecule has 8 nitrogen and oxygen atoms in total. The lowest BCUT2D eigenvalue weighted by Gasteiger charge is -2.17. The van der Waals surface area contributed by atoms with Gasteiger partial charge >= 0.3 is 0 Å². The summed E-state index contributed by atoms with van der Waals surface area (Å²) in [6.45, 7) is 5.13. The van der Waals surface area contributed by atoms with E-state index < -0.39 is 0 Å². The highest BCUT2D eigenvalue weighted by Gasteiger charge is 2.20. The van der Waals surface area contributed by atoms with Gasteiger partial charge in [0.15, 0.2) is 0 Å². The number of hydrogen-bond donors (Lipinski definition) is 1. The van der Waals surface area contributed by atoms with E-state index in [4.69, 9.17) is 14.7 Å². The van der Waals surface area contributed by atoms with E-state index in [1.807, 2.05) is 60.6 Å². The quantitative estimate of drug-likeness (QED) is 0.377. The largest absolute Gasteiger partial charge is 0.377 e. The Labute approximate surface area is 200 Å². The maximum absolute atomic E-state index is 13.3. The number of hydrogen-bond acceptors (Lipinski definition) is 5. The second kappa shape index (κ2) is 8.72. The summed E-state index contributed by atoms with van der Waals surface area (Å²) >= 11 is 3.55. The van der Waals surface area contributed by atoms with Crippen molar-refractivity contribution in [3.8, 4) is 11.3 Å². The summed E-state index contributed by atoms with van der Waals surface area (Å²) in [4.78, 5) is 22.7. The third-order valence-electron chi connectivity index (χ3n) is 5.89. The lowest BCUT2D eigenvalue weighted by atomic mass is 10.1. The Hall–Kier alpha value is -3.04. The molecule has 0 saturated heterocycles. The number of amides is 1. The lowest BCUT2D eigenvalue weighted by molar-refractivity contribution is 0.0537. The van der Waals surface area contributed by atoms with Gasteiger partial charge in [-0.1, -0.05) is 15.9 Å². The second-order valence-corrected chi connectivity index (χ2v) is 9.34. The third-order valence-corrected chi connectivity index (χ3v) is 6.38. The summed E-state index contributed by atoms with van der Waals surface area (Å²) in [7, 11) is 1.93. The summed E-state index contributed by atoms with van der Waals surface area (Å²) in [6, 6.07) is 9.51. The van der Waals surface area contributed by atoms with Crippen LogP contribution in [0.2, 0.25) is 0 Å². The van der Waals surface area contributed by atoms with Crippen LogP contribution in [0.3, 0.4) is 0 Å². The standard InChI is InChI=1S/C24H25BrN6O2/c1-14-9-16-10-20(27-14)18-12-26-30(3)21(18)5-4-8-33-15(2)13-31-22-11-17(25)6-7-19(22)28-24(31)29-23(16)32/h6-7,9-12,15H,4-5,8,13H2,1-3H3,(H,28,29,32)/t15-/m0/s1. The van der Waals surface area contributed by atoms with Crippen molar-refractivity contribution in [3.05, 3.63) is 58.0 Å². The minimum atomic E-state index is -0.230. The van der Waals surface area contributed by atoms with Crippen LogP contribution in [0.15, 0.2) is 41.0 Å². The fourth-order valence-corrected chi connectivity index (χ4v) is 4.64. The molecule has 1 N–H and O–H groups in total. The van der Waals surface area contributed by atoms with Gasteiger partial charge in [0.05, 0.1) is 35.6 Å². The predicted octanol–water partition coefficient (Wildman–Crippen LogP) is 4.51. The number of pyridine rings is 1. The van der Waals surface area contributed by atoms with Gasteiger partial charge in [0.1, 0.15) is 0 Å². The molecule has 2 bridgehead atoms. The van der Waals surface area contributed by atoms with Gasteiger partial charge in [-0.3, -0.25) is 19.8 Å². The van der Waals surface area contributed by atoms with Gasteiger partial charge in [-0.05, 0) is 57.0 Å². The van der Waals surface area contributed by atoms with Gasteiger partial charge in [0.25, 0.3) is 5.91 Å². The van der Waals surface area contributed by atoms with Crippen LogP contribution in [-0.2, 0) is 24.8 Å². The number of rotatable bonds is 0. The molecule has 1 aromatic carbocycles. The van der Waals surface area contributed by atoms with Crippen molar-refractivity contribution in [3.63, 3.8) is 0 Å². The number of ether oxygens (including phenoxy) is 1. The maximum atomic E-state index is 13.3. The molecule has 3 aromatic heterocycles. The topological polar surface area (TPSA) is 86.9 Å². The summed E-state index contributed by atoms with van der Waals surface area (Å²) < 4.78 is 11.0. The van der Waals surface area contributed by atoms with Crippen molar-refractivity contribution in [1.29, 1.82) is 0 Å². The van der Waals surface area contributed by atoms with Crippen molar-refractivity contribution in [2.75, 3.05) is 11.9 Å². The van der Waals surface area contributed by atoms with Crippen molar-refractivity contribution in [2.24, 2.45) is 7.05 Å². The number of anilines is 1. The monoisotopic (exact) mass is 508 g/mol. The molecule has 1 atom stereocenters. The number of imidazole rings is 1. The van der Waals surface area contributed by atoms with Gasteiger partial charge in [0.2, 0.25) is 5.95 Å². The summed E-state index contributed by atoms with van der Waals surface area (Å²) in [6.07, 6.45) is 3.42. The molecule has 1 aliphatic rings. The third kappa shape index (κ3) is 4.30. The fourth-order valence-electron chi connectivity index (χ4n) is 4.29. The van der Waals surface area contributed by atoms with Crippen LogP contribution in [-0.4, -0.2) is 42.9 Å². The van der Waals surface area contributed by atoms with E-state index in [-0.39, 0.29) is 12.0 Å². The zero-order valence-corrected chi connectivity index (χ0v) is 20.4. The Bertz CT molecular complexity index is 1360. The Kier molecular flexibility index (Phi) is 5.76. The number of aryl methyl sites for hydroxylation is 2. The number of carbonyl (C=O) groups excluding carboxylic acids is 1. The Morgan fingerprint density at radius 2 is 2.06 bits per heavy atom. The molecule has 0 unspecified atom stereocenters. The molecule has 1 aliphatic heterocycles. The van der Waals surface area contributed by atoms with Crippen molar-refractivity contribution >= 4 is 38.8 Å². The van der Waals surface area contributed by atoms with Gasteiger partial charge in [0, 0.05) is 40.6 Å². The molecule has 0 fully saturated rings. The van der Waals surface area contributed by atoms with Crippen LogP contribution >= 0.6 is 15.9 Å². The van der Waals surface area contributed by atoms with Crippen LogP contribution in [0.25, 0.3) is 22.3 Å². The second-order valence-electron chi connectivity index (χ2n) is 8.43. The van der Waals surface area contributed by atoms with Crippen LogP contribution in [0.5, 0.6) is 0 Å². The molecule has 1 amide bonds. The van der Waals surface area contributed by atoms with Gasteiger partial charge in [-0.15, -0.1) is 0 Å². The molecule has 0 aliphatic carbocycles. The minimum Gasteiger partial charge on any atom is -0.377 e. The number of aromatic nitrogens is 5. The minimum absolute atomic E-state index is 0.0573. The van der Waals surface area contributed by atoms with E-state index in [1.54, 1.807) is 6.07 Å². The Morgan fingerprint density at radius 3 is 2.91 bits per heavy atom. The van der Waals surface area contributed by atoms with Crippen molar-refractivity contribution < 1.29 is 9.53 Å². The number of nitrogens with one attached hydrogen (secondary N) is 1. The van der Waals surface area contributed by atoms with E-state index >= 15 is 0 Å². The van der Waals surface area contributed by atoms with Gasteiger partial charge in [-0.25, -0.2) is 4.98 Å². The zero-order chi connectivity index (χ0) is 23.1. The summed E-state index contributed by atoms with van der Waals surface area (Å²) in [5.41, 5.74) is 5.81. The molecule has 4 aromatic rings. The van der Waals surface area contributed by atoms with E-state index in [2.05, 4.69) is 26.3 Å². The summed E-state index contributed by atoms with van der Waals surface area (Å²) in [5.74, 6) is 0.266. The molecule has 0 spiro atoms. The molecule has 5 rings (SSSR count). The normalized spacial score (nSPS) is 17.1. The molecule has 170 valence electrons. The Morgan fingerprint density at radius 1 is 1.21 bits per heavy atom. The van der Waals surface area contributed by atoms with Crippen LogP contribution in [0.1, 0.15) is 35.1 Å². The smallest absolute Gasteiger partial charge is 0.258 e. The first-order valence-electron chi connectivity index (χ1n) is 11.0. The molecule has 0 radical (unpaired) electrons. The fraction of sp³-hybridized carbons (Fsp3) is 0.333. The summed E-state index contributed by atoms with van der Waals surface area (Å²) in [5, 5.41) is 7.46. The van der Waals surface area contributed by atoms with E-state index in [0.29, 0.717) is 24.7 Å². The van der Waals surface area contributed by atoms with Crippen LogP contribution in [0.4, 0.5) is 5.95 Å². The van der Waals surface area contributed by atoms with E-state index in [1.165, 1.54) is 0 Å². The highest BCUT2D eigenvalue weighted by molar-refractivity contribution is 9.10. The SMILES string of the molecule is Cc1cc2cc(n1)-c1cnn(C)c1CCCO[C@@H](C)Cn1c(nc3ccc(Br)cc31)NC2=O. The van der Waals surface area contributed by atoms with Crippen LogP contribution < -0.4 is 5.32 Å². The average Bonchev–Trinajstić information content (AvgIpc) is 3.30. The number of carbonyl (C=O) groups is 1. The molecule has 4 heterocycles. The molecule has 33 heavy (non-hydrogen) atoms. The first kappa shape index (κ1) is 21.8. The molecule has 0 saturated carbocycles. The Balaban J connectivity index is 1.62. The predicted molar refractivity (Wildman–Crippen MR) is 130 cm³/mol. The van der Waals surface area contributed by atoms with Gasteiger partial charge < -0.3 is 9.30 Å². The van der Waals surface area contributed by atoms with Crippen molar-refractivity contribution in [2.45, 2.75) is 39.3 Å². The van der Waals surface area contributed by atoms with Gasteiger partial charge in [-0.2, -0.15) is 5.10 Å². The van der Waals surface area contributed by atoms with E-state index in [9.17, 15) is 4.79 Å². The number of fused-ring (bicyclic) bond motifs is 7. The first-order valence-corrected chi connectivity index (χ1v) is 11.8. The lowest BCUT2D eigenvalue weighted by Crippen LogP contribution is -2.21. The van der Waals surface area contributed by atoms with E-state index in [0.717, 1.165) is 51.0 Å². The highest BCUT2D eigenvalue weighted by atomic mass is 79.9. The highest BCUT2D eigenvalue weighted by Crippen LogP contribution is 2.27. The van der Waals surface area contributed by atoms with Crippen molar-refractivity contribution in [1.82, 2.24) is 24.3 Å². The first-order chi connectivity index (χ1) is 15.9. The number of halogens is 1. The molecular formula is C24H25BrN6O2. The average molecular weight is 509 g/mol.